The molecule has 2 fully saturated rings. The lowest BCUT2D eigenvalue weighted by Gasteiger charge is -2.38. The average molecular weight is 457 g/mol. The van der Waals surface area contributed by atoms with Crippen molar-refractivity contribution in [2.45, 2.75) is 38.1 Å². The largest absolute Gasteiger partial charge is 0.340 e. The molecule has 0 atom stereocenters. The van der Waals surface area contributed by atoms with E-state index in [2.05, 4.69) is 16.0 Å². The van der Waals surface area contributed by atoms with Crippen LogP contribution in [0.25, 0.3) is 0 Å². The van der Waals surface area contributed by atoms with Gasteiger partial charge in [-0.25, -0.2) is 8.42 Å². The summed E-state index contributed by atoms with van der Waals surface area (Å²) in [4.78, 5) is 21.9. The number of rotatable bonds is 5. The summed E-state index contributed by atoms with van der Waals surface area (Å²) >= 11 is 0. The minimum absolute atomic E-state index is 0.0916. The molecule has 2 saturated heterocycles. The number of hydrogen-bond acceptors (Lipinski definition) is 5. The Morgan fingerprint density at radius 1 is 1.00 bits per heavy atom. The third-order valence-electron chi connectivity index (χ3n) is 6.73. The molecule has 32 heavy (non-hydrogen) atoms. The quantitative estimate of drug-likeness (QED) is 0.691. The number of carbonyl (C=O) groups excluding carboxylic acids is 1. The van der Waals surface area contributed by atoms with Crippen LogP contribution in [0.1, 0.15) is 29.5 Å². The Morgan fingerprint density at radius 3 is 2.34 bits per heavy atom. The molecule has 8 heteroatoms. The first-order chi connectivity index (χ1) is 15.3. The summed E-state index contributed by atoms with van der Waals surface area (Å²) in [6, 6.07) is 9.30. The van der Waals surface area contributed by atoms with Crippen LogP contribution in [0.4, 0.5) is 0 Å². The number of nitrogens with zero attached hydrogens (tertiary/aromatic N) is 4. The van der Waals surface area contributed by atoms with Gasteiger partial charge in [-0.2, -0.15) is 4.31 Å². The molecule has 0 bridgehead atoms. The first-order valence-electron chi connectivity index (χ1n) is 11.3. The molecule has 7 nitrogen and oxygen atoms in total. The Morgan fingerprint density at radius 2 is 1.72 bits per heavy atom. The Bertz CT molecular complexity index is 1040. The van der Waals surface area contributed by atoms with Crippen LogP contribution in [0.3, 0.4) is 0 Å². The number of benzene rings is 1. The number of carbonyl (C=O) groups is 1. The molecule has 0 radical (unpaired) electrons. The monoisotopic (exact) mass is 456 g/mol. The smallest absolute Gasteiger partial charge is 0.243 e. The number of sulfonamides is 1. The van der Waals surface area contributed by atoms with E-state index >= 15 is 0 Å². The fourth-order valence-electron chi connectivity index (χ4n) is 4.50. The molecule has 0 saturated carbocycles. The number of hydrogen-bond donors (Lipinski definition) is 0. The normalized spacial score (nSPS) is 19.2. The predicted octanol–water partition coefficient (Wildman–Crippen LogP) is 2.44. The zero-order chi connectivity index (χ0) is 22.7. The second kappa shape index (κ2) is 9.68. The minimum atomic E-state index is -3.52. The van der Waals surface area contributed by atoms with Crippen molar-refractivity contribution >= 4 is 15.9 Å². The molecule has 1 aromatic heterocycles. The van der Waals surface area contributed by atoms with Gasteiger partial charge in [-0.15, -0.1) is 0 Å². The van der Waals surface area contributed by atoms with E-state index in [1.165, 1.54) is 9.87 Å². The van der Waals surface area contributed by atoms with Gasteiger partial charge in [-0.05, 0) is 61.6 Å². The highest BCUT2D eigenvalue weighted by molar-refractivity contribution is 7.89. The number of aromatic nitrogens is 1. The van der Waals surface area contributed by atoms with E-state index in [9.17, 15) is 13.2 Å². The van der Waals surface area contributed by atoms with E-state index in [-0.39, 0.29) is 11.8 Å². The fraction of sp³-hybridized carbons (Fsp3) is 0.500. The second-order valence-electron chi connectivity index (χ2n) is 8.89. The summed E-state index contributed by atoms with van der Waals surface area (Å²) in [6.07, 6.45) is 4.83. The van der Waals surface area contributed by atoms with E-state index in [1.54, 1.807) is 18.3 Å². The average Bonchev–Trinajstić information content (AvgIpc) is 2.81. The lowest BCUT2D eigenvalue weighted by atomic mass is 9.96. The highest BCUT2D eigenvalue weighted by atomic mass is 32.2. The summed E-state index contributed by atoms with van der Waals surface area (Å²) in [5.74, 6) is 0.0836. The summed E-state index contributed by atoms with van der Waals surface area (Å²) in [5.41, 5.74) is 3.23. The van der Waals surface area contributed by atoms with Gasteiger partial charge in [-0.3, -0.25) is 14.7 Å². The molecule has 2 aliphatic heterocycles. The predicted molar refractivity (Wildman–Crippen MR) is 123 cm³/mol. The zero-order valence-corrected chi connectivity index (χ0v) is 19.7. The molecule has 3 heterocycles. The minimum Gasteiger partial charge on any atom is -0.340 e. The Hall–Kier alpha value is -2.29. The number of piperidine rings is 1. The molecular weight excluding hydrogens is 424 g/mol. The lowest BCUT2D eigenvalue weighted by molar-refractivity contribution is -0.138. The number of piperazine rings is 1. The summed E-state index contributed by atoms with van der Waals surface area (Å²) < 4.78 is 27.6. The second-order valence-corrected chi connectivity index (χ2v) is 10.8. The van der Waals surface area contributed by atoms with Crippen LogP contribution in [-0.4, -0.2) is 72.7 Å². The van der Waals surface area contributed by atoms with E-state index < -0.39 is 10.0 Å². The zero-order valence-electron chi connectivity index (χ0n) is 18.9. The Labute approximate surface area is 191 Å². The molecule has 0 unspecified atom stereocenters. The fourth-order valence-corrected chi connectivity index (χ4v) is 6.06. The molecule has 2 aromatic rings. The van der Waals surface area contributed by atoms with Crippen molar-refractivity contribution in [1.29, 1.82) is 0 Å². The molecule has 0 N–H and O–H groups in total. The van der Waals surface area contributed by atoms with Gasteiger partial charge < -0.3 is 4.90 Å². The highest BCUT2D eigenvalue weighted by Crippen LogP contribution is 2.26. The van der Waals surface area contributed by atoms with E-state index in [1.807, 2.05) is 37.1 Å². The van der Waals surface area contributed by atoms with Crippen molar-refractivity contribution < 1.29 is 13.2 Å². The molecule has 2 aliphatic rings. The van der Waals surface area contributed by atoms with Gasteiger partial charge in [0.15, 0.2) is 0 Å². The van der Waals surface area contributed by atoms with E-state index in [0.29, 0.717) is 30.8 Å². The van der Waals surface area contributed by atoms with Crippen molar-refractivity contribution in [3.05, 3.63) is 59.4 Å². The standard InChI is InChI=1S/C24H32N4O3S/c1-19-5-6-23(16-20(19)2)32(30,31)28-10-7-22(8-11-28)24(29)27-14-12-26(13-15-27)18-21-4-3-9-25-17-21/h3-6,9,16-17,22H,7-8,10-15,18H2,1-2H3. The first-order valence-corrected chi connectivity index (χ1v) is 12.8. The van der Waals surface area contributed by atoms with Crippen molar-refractivity contribution in [2.75, 3.05) is 39.3 Å². The topological polar surface area (TPSA) is 73.8 Å². The Kier molecular flexibility index (Phi) is 6.93. The maximum Gasteiger partial charge on any atom is 0.243 e. The van der Waals surface area contributed by atoms with Crippen molar-refractivity contribution in [2.24, 2.45) is 5.92 Å². The SMILES string of the molecule is Cc1ccc(S(=O)(=O)N2CCC(C(=O)N3CCN(Cc4cccnc4)CC3)CC2)cc1C. The van der Waals surface area contributed by atoms with E-state index in [4.69, 9.17) is 0 Å². The highest BCUT2D eigenvalue weighted by Gasteiger charge is 2.34. The van der Waals surface area contributed by atoms with Crippen LogP contribution in [0.15, 0.2) is 47.6 Å². The maximum atomic E-state index is 13.1. The van der Waals surface area contributed by atoms with Gasteiger partial charge in [0, 0.05) is 64.1 Å². The number of amides is 1. The third kappa shape index (κ3) is 5.03. The van der Waals surface area contributed by atoms with E-state index in [0.717, 1.165) is 43.9 Å². The lowest BCUT2D eigenvalue weighted by Crippen LogP contribution is -2.51. The van der Waals surface area contributed by atoms with Gasteiger partial charge in [-0.1, -0.05) is 12.1 Å². The first kappa shape index (κ1) is 22.9. The van der Waals surface area contributed by atoms with Crippen molar-refractivity contribution in [3.63, 3.8) is 0 Å². The molecule has 0 spiro atoms. The molecule has 0 aliphatic carbocycles. The maximum absolute atomic E-state index is 13.1. The number of pyridine rings is 1. The van der Waals surface area contributed by atoms with Gasteiger partial charge >= 0.3 is 0 Å². The summed E-state index contributed by atoms with van der Waals surface area (Å²) in [5, 5.41) is 0. The van der Waals surface area contributed by atoms with Gasteiger partial charge in [0.25, 0.3) is 0 Å². The molecular formula is C24H32N4O3S. The van der Waals surface area contributed by atoms with Crippen molar-refractivity contribution in [3.8, 4) is 0 Å². The van der Waals surface area contributed by atoms with Crippen molar-refractivity contribution in [1.82, 2.24) is 19.1 Å². The van der Waals surface area contributed by atoms with Crippen LogP contribution in [0.2, 0.25) is 0 Å². The van der Waals surface area contributed by atoms with Crippen LogP contribution < -0.4 is 0 Å². The Balaban J connectivity index is 1.29. The molecule has 1 aromatic carbocycles. The van der Waals surface area contributed by atoms with Crippen LogP contribution in [-0.2, 0) is 21.4 Å². The molecule has 4 rings (SSSR count). The molecule has 1 amide bonds. The number of aryl methyl sites for hydroxylation is 2. The van der Waals surface area contributed by atoms with Crippen LogP contribution >= 0.6 is 0 Å². The van der Waals surface area contributed by atoms with Gasteiger partial charge in [0.05, 0.1) is 4.90 Å². The summed E-state index contributed by atoms with van der Waals surface area (Å²) in [6.45, 7) is 8.68. The van der Waals surface area contributed by atoms with Gasteiger partial charge in [0.2, 0.25) is 15.9 Å². The van der Waals surface area contributed by atoms with Crippen LogP contribution in [0, 0.1) is 19.8 Å². The van der Waals surface area contributed by atoms with Crippen LogP contribution in [0.5, 0.6) is 0 Å². The summed E-state index contributed by atoms with van der Waals surface area (Å²) in [7, 11) is -3.52. The third-order valence-corrected chi connectivity index (χ3v) is 8.63. The molecule has 172 valence electrons. The van der Waals surface area contributed by atoms with Gasteiger partial charge in [0.1, 0.15) is 0 Å².